The van der Waals surface area contributed by atoms with Gasteiger partial charge in [-0.05, 0) is 64.8 Å². The summed E-state index contributed by atoms with van der Waals surface area (Å²) in [6.07, 6.45) is 5.04. The molecule has 4 heteroatoms. The fraction of sp³-hybridized carbons (Fsp3) is 0.481. The van der Waals surface area contributed by atoms with Crippen molar-refractivity contribution in [3.63, 3.8) is 0 Å². The van der Waals surface area contributed by atoms with Crippen LogP contribution in [0.1, 0.15) is 56.6 Å². The van der Waals surface area contributed by atoms with Gasteiger partial charge in [-0.3, -0.25) is 14.9 Å². The Morgan fingerprint density at radius 2 is 1.58 bits per heavy atom. The van der Waals surface area contributed by atoms with Crippen molar-refractivity contribution in [1.82, 2.24) is 14.9 Å². The number of anilines is 1. The second kappa shape index (κ2) is 9.35. The molecule has 0 amide bonds. The predicted molar refractivity (Wildman–Crippen MR) is 131 cm³/mol. The van der Waals surface area contributed by atoms with Crippen LogP contribution in [-0.2, 0) is 6.54 Å². The molecule has 1 aliphatic rings. The third-order valence-corrected chi connectivity index (χ3v) is 6.79. The van der Waals surface area contributed by atoms with Crippen LogP contribution in [0.2, 0.25) is 0 Å². The third-order valence-electron chi connectivity index (χ3n) is 6.79. The van der Waals surface area contributed by atoms with Crippen molar-refractivity contribution in [2.45, 2.75) is 78.0 Å². The lowest BCUT2D eigenvalue weighted by molar-refractivity contribution is 0.0938. The molecule has 1 aromatic carbocycles. The minimum absolute atomic E-state index is 0.467. The van der Waals surface area contributed by atoms with E-state index < -0.39 is 0 Å². The van der Waals surface area contributed by atoms with Gasteiger partial charge in [0.1, 0.15) is 0 Å². The van der Waals surface area contributed by atoms with Crippen LogP contribution in [0.3, 0.4) is 0 Å². The Bertz CT molecular complexity index is 1030. The normalized spacial score (nSPS) is 19.3. The van der Waals surface area contributed by atoms with Crippen LogP contribution >= 0.6 is 0 Å². The second-order valence-corrected chi connectivity index (χ2v) is 9.37. The van der Waals surface area contributed by atoms with E-state index in [1.54, 1.807) is 0 Å². The standard InChI is InChI=1S/C27H36N4/c1-19(2)31(18-23-12-8-10-20(3)28-23)25-14-7-6-13-24(25)30(5)26-15-9-11-22-17-16-21(4)29-27(22)26/h8-12,15-17,19,24-25H,6-7,13-14,18H2,1-5H3/t24-,25-/m0/s1. The quantitative estimate of drug-likeness (QED) is 0.500. The lowest BCUT2D eigenvalue weighted by Gasteiger charge is -2.46. The molecule has 0 bridgehead atoms. The van der Waals surface area contributed by atoms with E-state index in [0.717, 1.165) is 23.4 Å². The van der Waals surface area contributed by atoms with Crippen LogP contribution < -0.4 is 4.90 Å². The van der Waals surface area contributed by atoms with Gasteiger partial charge >= 0.3 is 0 Å². The molecule has 2 heterocycles. The maximum Gasteiger partial charge on any atom is 0.0938 e. The molecule has 31 heavy (non-hydrogen) atoms. The molecule has 164 valence electrons. The summed E-state index contributed by atoms with van der Waals surface area (Å²) in [7, 11) is 2.27. The number of hydrogen-bond donors (Lipinski definition) is 0. The van der Waals surface area contributed by atoms with Gasteiger partial charge in [0, 0.05) is 48.5 Å². The van der Waals surface area contributed by atoms with Gasteiger partial charge in [-0.1, -0.05) is 37.1 Å². The zero-order valence-electron chi connectivity index (χ0n) is 19.7. The number of pyridine rings is 2. The van der Waals surface area contributed by atoms with Crippen molar-refractivity contribution in [2.75, 3.05) is 11.9 Å². The number of aromatic nitrogens is 2. The van der Waals surface area contributed by atoms with Gasteiger partial charge in [0.25, 0.3) is 0 Å². The molecule has 0 radical (unpaired) electrons. The molecule has 1 fully saturated rings. The van der Waals surface area contributed by atoms with E-state index in [1.807, 2.05) is 0 Å². The molecule has 0 spiro atoms. The summed E-state index contributed by atoms with van der Waals surface area (Å²) in [5.74, 6) is 0. The number of likely N-dealkylation sites (N-methyl/N-ethyl adjacent to an activating group) is 1. The SMILES string of the molecule is Cc1cccc(CN(C(C)C)[C@H]2CCCC[C@@H]2N(C)c2cccc3ccc(C)nc23)n1. The highest BCUT2D eigenvalue weighted by molar-refractivity contribution is 5.91. The lowest BCUT2D eigenvalue weighted by atomic mass is 9.87. The summed E-state index contributed by atoms with van der Waals surface area (Å²) < 4.78 is 0. The first-order valence-electron chi connectivity index (χ1n) is 11.7. The second-order valence-electron chi connectivity index (χ2n) is 9.37. The van der Waals surface area contributed by atoms with Crippen molar-refractivity contribution in [3.8, 4) is 0 Å². The zero-order valence-corrected chi connectivity index (χ0v) is 19.7. The maximum atomic E-state index is 4.91. The van der Waals surface area contributed by atoms with E-state index >= 15 is 0 Å². The Balaban J connectivity index is 1.67. The van der Waals surface area contributed by atoms with Crippen molar-refractivity contribution in [1.29, 1.82) is 0 Å². The van der Waals surface area contributed by atoms with Gasteiger partial charge in [-0.15, -0.1) is 0 Å². The summed E-state index contributed by atoms with van der Waals surface area (Å²) in [4.78, 5) is 14.9. The van der Waals surface area contributed by atoms with Crippen LogP contribution in [0.4, 0.5) is 5.69 Å². The molecule has 2 aromatic heterocycles. The average Bonchev–Trinajstić information content (AvgIpc) is 2.76. The molecule has 2 atom stereocenters. The number of aryl methyl sites for hydroxylation is 2. The van der Waals surface area contributed by atoms with E-state index in [1.165, 1.54) is 42.5 Å². The van der Waals surface area contributed by atoms with Gasteiger partial charge in [0.05, 0.1) is 16.9 Å². The first-order chi connectivity index (χ1) is 14.9. The van der Waals surface area contributed by atoms with Crippen LogP contribution in [-0.4, -0.2) is 40.0 Å². The van der Waals surface area contributed by atoms with Crippen molar-refractivity contribution >= 4 is 16.6 Å². The molecule has 0 N–H and O–H groups in total. The Morgan fingerprint density at radius 3 is 2.32 bits per heavy atom. The number of hydrogen-bond acceptors (Lipinski definition) is 4. The summed E-state index contributed by atoms with van der Waals surface area (Å²) >= 11 is 0. The molecule has 4 nitrogen and oxygen atoms in total. The maximum absolute atomic E-state index is 4.91. The van der Waals surface area contributed by atoms with Crippen molar-refractivity contribution in [2.24, 2.45) is 0 Å². The van der Waals surface area contributed by atoms with Gasteiger partial charge in [-0.25, -0.2) is 0 Å². The van der Waals surface area contributed by atoms with E-state index in [-0.39, 0.29) is 0 Å². The van der Waals surface area contributed by atoms with E-state index in [9.17, 15) is 0 Å². The molecule has 4 rings (SSSR count). The number of nitrogens with zero attached hydrogens (tertiary/aromatic N) is 4. The number of para-hydroxylation sites is 1. The van der Waals surface area contributed by atoms with Gasteiger partial charge in [-0.2, -0.15) is 0 Å². The van der Waals surface area contributed by atoms with E-state index in [2.05, 4.69) is 93.1 Å². The van der Waals surface area contributed by atoms with Crippen LogP contribution in [0.5, 0.6) is 0 Å². The predicted octanol–water partition coefficient (Wildman–Crippen LogP) is 5.90. The number of fused-ring (bicyclic) bond motifs is 1. The van der Waals surface area contributed by atoms with Crippen molar-refractivity contribution in [3.05, 3.63) is 65.6 Å². The van der Waals surface area contributed by atoms with Crippen LogP contribution in [0.15, 0.2) is 48.5 Å². The highest BCUT2D eigenvalue weighted by Crippen LogP contribution is 2.34. The summed E-state index contributed by atoms with van der Waals surface area (Å²) in [5.41, 5.74) is 5.70. The van der Waals surface area contributed by atoms with Gasteiger partial charge < -0.3 is 4.90 Å². The Morgan fingerprint density at radius 1 is 0.871 bits per heavy atom. The molecule has 1 aliphatic carbocycles. The largest absolute Gasteiger partial charge is 0.368 e. The smallest absolute Gasteiger partial charge is 0.0938 e. The molecule has 1 saturated carbocycles. The first-order valence-corrected chi connectivity index (χ1v) is 11.7. The summed E-state index contributed by atoms with van der Waals surface area (Å²) in [5, 5.41) is 1.21. The fourth-order valence-electron chi connectivity index (χ4n) is 5.18. The average molecular weight is 417 g/mol. The highest BCUT2D eigenvalue weighted by atomic mass is 15.3. The highest BCUT2D eigenvalue weighted by Gasteiger charge is 2.34. The van der Waals surface area contributed by atoms with Gasteiger partial charge in [0.2, 0.25) is 0 Å². The molecule has 3 aromatic rings. The van der Waals surface area contributed by atoms with E-state index in [0.29, 0.717) is 18.1 Å². The first kappa shape index (κ1) is 21.8. The fourth-order valence-corrected chi connectivity index (χ4v) is 5.18. The molecular formula is C27H36N4. The minimum Gasteiger partial charge on any atom is -0.368 e. The monoisotopic (exact) mass is 416 g/mol. The van der Waals surface area contributed by atoms with Crippen LogP contribution in [0.25, 0.3) is 10.9 Å². The third kappa shape index (κ3) is 4.74. The lowest BCUT2D eigenvalue weighted by Crippen LogP contribution is -2.54. The summed E-state index contributed by atoms with van der Waals surface area (Å²) in [6, 6.07) is 18.7. The van der Waals surface area contributed by atoms with Crippen molar-refractivity contribution < 1.29 is 0 Å². The number of rotatable bonds is 6. The number of benzene rings is 1. The van der Waals surface area contributed by atoms with Crippen LogP contribution in [0, 0.1) is 13.8 Å². The Hall–Kier alpha value is -2.46. The molecule has 0 aliphatic heterocycles. The van der Waals surface area contributed by atoms with E-state index in [4.69, 9.17) is 9.97 Å². The Kier molecular flexibility index (Phi) is 6.57. The molecule has 0 saturated heterocycles. The summed E-state index contributed by atoms with van der Waals surface area (Å²) in [6.45, 7) is 9.71. The topological polar surface area (TPSA) is 32.3 Å². The minimum atomic E-state index is 0.467. The molecule has 0 unspecified atom stereocenters. The van der Waals surface area contributed by atoms with Gasteiger partial charge in [0.15, 0.2) is 0 Å². The zero-order chi connectivity index (χ0) is 22.0. The molecular weight excluding hydrogens is 380 g/mol. The Labute approximate surface area is 187 Å².